The van der Waals surface area contributed by atoms with Crippen LogP contribution in [0.5, 0.6) is 0 Å². The van der Waals surface area contributed by atoms with Gasteiger partial charge in [0.25, 0.3) is 0 Å². The third-order valence-corrected chi connectivity index (χ3v) is 2.98. The zero-order chi connectivity index (χ0) is 14.9. The molecular weight excluding hydrogens is 260 g/mol. The fourth-order valence-corrected chi connectivity index (χ4v) is 2.08. The van der Waals surface area contributed by atoms with Crippen LogP contribution in [0.1, 0.15) is 32.4 Å². The molecule has 1 aliphatic heterocycles. The molecule has 108 valence electrons. The molecule has 0 bridgehead atoms. The molecule has 7 heteroatoms. The number of amides is 1. The minimum absolute atomic E-state index is 0.196. The number of β-amino-alcohol motifs (C(OH)–C–C–N with tert-alkyl or cyclic N) is 1. The normalized spacial score (nSPS) is 22.6. The molecule has 1 aliphatic rings. The van der Waals surface area contributed by atoms with Crippen molar-refractivity contribution in [3.8, 4) is 6.07 Å². The molecular formula is C13H18N4O3. The summed E-state index contributed by atoms with van der Waals surface area (Å²) in [6, 6.07) is 1.62. The molecule has 20 heavy (non-hydrogen) atoms. The minimum Gasteiger partial charge on any atom is -0.444 e. The summed E-state index contributed by atoms with van der Waals surface area (Å²) in [4.78, 5) is 13.4. The lowest BCUT2D eigenvalue weighted by molar-refractivity contribution is 0.0270. The third kappa shape index (κ3) is 3.08. The van der Waals surface area contributed by atoms with E-state index < -0.39 is 17.8 Å². The highest BCUT2D eigenvalue weighted by atomic mass is 16.6. The molecule has 1 aromatic heterocycles. The number of hydrogen-bond acceptors (Lipinski definition) is 5. The van der Waals surface area contributed by atoms with Crippen molar-refractivity contribution in [2.45, 2.75) is 38.5 Å². The highest BCUT2D eigenvalue weighted by Gasteiger charge is 2.37. The second-order valence-electron chi connectivity index (χ2n) is 5.84. The van der Waals surface area contributed by atoms with Crippen LogP contribution >= 0.6 is 0 Å². The van der Waals surface area contributed by atoms with E-state index in [0.29, 0.717) is 12.1 Å². The Morgan fingerprint density at radius 1 is 1.55 bits per heavy atom. The number of likely N-dealkylation sites (tertiary alicyclic amines) is 1. The summed E-state index contributed by atoms with van der Waals surface area (Å²) in [6.07, 6.45) is 1.82. The predicted octanol–water partition coefficient (Wildman–Crippen LogP) is 0.907. The van der Waals surface area contributed by atoms with E-state index in [1.165, 1.54) is 15.8 Å². The molecule has 7 nitrogen and oxygen atoms in total. The summed E-state index contributed by atoms with van der Waals surface area (Å²) >= 11 is 0. The van der Waals surface area contributed by atoms with Gasteiger partial charge < -0.3 is 14.7 Å². The second-order valence-corrected chi connectivity index (χ2v) is 5.84. The molecule has 0 spiro atoms. The maximum atomic E-state index is 12.0. The first-order valence-electron chi connectivity index (χ1n) is 6.40. The van der Waals surface area contributed by atoms with E-state index in [-0.39, 0.29) is 12.6 Å². The number of ether oxygens (including phenoxy) is 1. The maximum absolute atomic E-state index is 12.0. The van der Waals surface area contributed by atoms with Gasteiger partial charge in [0.2, 0.25) is 0 Å². The zero-order valence-electron chi connectivity index (χ0n) is 11.8. The lowest BCUT2D eigenvalue weighted by atomic mass is 10.2. The highest BCUT2D eigenvalue weighted by molar-refractivity contribution is 5.68. The molecule has 0 aliphatic carbocycles. The lowest BCUT2D eigenvalue weighted by Crippen LogP contribution is -2.35. The SMILES string of the molecule is CC(C)(C)OC(=O)N1C[C@@H](O)[C@H](n2cc(C#N)cn2)C1. The molecule has 1 aromatic rings. The van der Waals surface area contributed by atoms with Crippen LogP contribution in [-0.4, -0.2) is 50.7 Å². The Hall–Kier alpha value is -2.07. The quantitative estimate of drug-likeness (QED) is 0.824. The molecule has 0 saturated carbocycles. The Balaban J connectivity index is 2.05. The van der Waals surface area contributed by atoms with Crippen LogP contribution in [0, 0.1) is 11.3 Å². The lowest BCUT2D eigenvalue weighted by Gasteiger charge is -2.24. The van der Waals surface area contributed by atoms with Crippen LogP contribution in [0.15, 0.2) is 12.4 Å². The van der Waals surface area contributed by atoms with E-state index in [1.807, 2.05) is 6.07 Å². The van der Waals surface area contributed by atoms with E-state index in [1.54, 1.807) is 27.0 Å². The van der Waals surface area contributed by atoms with Crippen LogP contribution < -0.4 is 0 Å². The van der Waals surface area contributed by atoms with Gasteiger partial charge >= 0.3 is 6.09 Å². The standard InChI is InChI=1S/C13H18N4O3/c1-13(2,3)20-12(19)16-7-10(11(18)8-16)17-6-9(4-14)5-15-17/h5-6,10-11,18H,7-8H2,1-3H3/t10-,11-/m1/s1. The molecule has 0 aromatic carbocycles. The van der Waals surface area contributed by atoms with Crippen molar-refractivity contribution >= 4 is 6.09 Å². The van der Waals surface area contributed by atoms with E-state index in [9.17, 15) is 9.90 Å². The molecule has 1 amide bonds. The number of nitriles is 1. The Bertz CT molecular complexity index is 541. The van der Waals surface area contributed by atoms with Crippen molar-refractivity contribution in [1.82, 2.24) is 14.7 Å². The molecule has 0 unspecified atom stereocenters. The van der Waals surface area contributed by atoms with Gasteiger partial charge in [-0.25, -0.2) is 4.79 Å². The number of carbonyl (C=O) groups is 1. The van der Waals surface area contributed by atoms with Crippen LogP contribution in [-0.2, 0) is 4.74 Å². The van der Waals surface area contributed by atoms with Crippen molar-refractivity contribution in [2.75, 3.05) is 13.1 Å². The van der Waals surface area contributed by atoms with Gasteiger partial charge in [-0.05, 0) is 20.8 Å². The number of hydrogen-bond donors (Lipinski definition) is 1. The summed E-state index contributed by atoms with van der Waals surface area (Å²) in [5.41, 5.74) is -0.146. The summed E-state index contributed by atoms with van der Waals surface area (Å²) in [5.74, 6) is 0. The van der Waals surface area contributed by atoms with Gasteiger partial charge in [0.05, 0.1) is 30.5 Å². The number of carbonyl (C=O) groups excluding carboxylic acids is 1. The summed E-state index contributed by atoms with van der Waals surface area (Å²) in [7, 11) is 0. The first-order chi connectivity index (χ1) is 9.30. The van der Waals surface area contributed by atoms with E-state index in [0.717, 1.165) is 0 Å². The molecule has 2 heterocycles. The fraction of sp³-hybridized carbons (Fsp3) is 0.615. The first kappa shape index (κ1) is 14.3. The Morgan fingerprint density at radius 3 is 2.80 bits per heavy atom. The van der Waals surface area contributed by atoms with Crippen molar-refractivity contribution in [3.05, 3.63) is 18.0 Å². The van der Waals surface area contributed by atoms with Gasteiger partial charge in [-0.2, -0.15) is 10.4 Å². The molecule has 0 radical (unpaired) electrons. The van der Waals surface area contributed by atoms with E-state index in [4.69, 9.17) is 10.00 Å². The van der Waals surface area contributed by atoms with Crippen molar-refractivity contribution in [3.63, 3.8) is 0 Å². The number of aliphatic hydroxyl groups is 1. The molecule has 2 rings (SSSR count). The topological polar surface area (TPSA) is 91.4 Å². The largest absolute Gasteiger partial charge is 0.444 e. The highest BCUT2D eigenvalue weighted by Crippen LogP contribution is 2.23. The van der Waals surface area contributed by atoms with Gasteiger partial charge in [-0.3, -0.25) is 4.68 Å². The third-order valence-electron chi connectivity index (χ3n) is 2.98. The first-order valence-corrected chi connectivity index (χ1v) is 6.40. The monoisotopic (exact) mass is 278 g/mol. The number of aromatic nitrogens is 2. The summed E-state index contributed by atoms with van der Waals surface area (Å²) in [6.45, 7) is 5.88. The number of rotatable bonds is 1. The van der Waals surface area contributed by atoms with Gasteiger partial charge in [0, 0.05) is 12.7 Å². The average molecular weight is 278 g/mol. The van der Waals surface area contributed by atoms with Crippen LogP contribution in [0.3, 0.4) is 0 Å². The number of nitrogens with zero attached hydrogens (tertiary/aromatic N) is 4. The Kier molecular flexibility index (Phi) is 3.68. The minimum atomic E-state index is -0.728. The molecule has 1 N–H and O–H groups in total. The van der Waals surface area contributed by atoms with Crippen LogP contribution in [0.25, 0.3) is 0 Å². The van der Waals surface area contributed by atoms with E-state index in [2.05, 4.69) is 5.10 Å². The zero-order valence-corrected chi connectivity index (χ0v) is 11.8. The Labute approximate surface area is 117 Å². The maximum Gasteiger partial charge on any atom is 0.410 e. The van der Waals surface area contributed by atoms with Gasteiger partial charge in [-0.1, -0.05) is 0 Å². The van der Waals surface area contributed by atoms with Gasteiger partial charge in [0.1, 0.15) is 11.7 Å². The van der Waals surface area contributed by atoms with Gasteiger partial charge in [-0.15, -0.1) is 0 Å². The van der Waals surface area contributed by atoms with Gasteiger partial charge in [0.15, 0.2) is 0 Å². The second kappa shape index (κ2) is 5.13. The summed E-state index contributed by atoms with van der Waals surface area (Å²) in [5, 5.41) is 22.9. The van der Waals surface area contributed by atoms with E-state index >= 15 is 0 Å². The van der Waals surface area contributed by atoms with Crippen molar-refractivity contribution in [2.24, 2.45) is 0 Å². The molecule has 1 saturated heterocycles. The fourth-order valence-electron chi connectivity index (χ4n) is 2.08. The van der Waals surface area contributed by atoms with Crippen LogP contribution in [0.4, 0.5) is 4.79 Å². The van der Waals surface area contributed by atoms with Crippen molar-refractivity contribution < 1.29 is 14.6 Å². The van der Waals surface area contributed by atoms with Crippen LogP contribution in [0.2, 0.25) is 0 Å². The number of aliphatic hydroxyl groups excluding tert-OH is 1. The molecule has 1 fully saturated rings. The Morgan fingerprint density at radius 2 is 2.25 bits per heavy atom. The predicted molar refractivity (Wildman–Crippen MR) is 69.8 cm³/mol. The summed E-state index contributed by atoms with van der Waals surface area (Å²) < 4.78 is 6.80. The van der Waals surface area contributed by atoms with Crippen molar-refractivity contribution in [1.29, 1.82) is 5.26 Å². The molecule has 2 atom stereocenters. The smallest absolute Gasteiger partial charge is 0.410 e. The average Bonchev–Trinajstić information content (AvgIpc) is 2.92.